The summed E-state index contributed by atoms with van der Waals surface area (Å²) in [7, 11) is 0. The molecule has 1 amide bonds. The van der Waals surface area contributed by atoms with Gasteiger partial charge in [0.15, 0.2) is 11.0 Å². The largest absolute Gasteiger partial charge is 0.310 e. The average molecular weight is 397 g/mol. The summed E-state index contributed by atoms with van der Waals surface area (Å²) in [6.45, 7) is 2.80. The Morgan fingerprint density at radius 2 is 1.96 bits per heavy atom. The van der Waals surface area contributed by atoms with Crippen LogP contribution >= 0.6 is 11.8 Å². The molecule has 1 fully saturated rings. The Kier molecular flexibility index (Phi) is 5.76. The van der Waals surface area contributed by atoms with Crippen molar-refractivity contribution in [3.63, 3.8) is 0 Å². The Hall–Kier alpha value is -2.61. The van der Waals surface area contributed by atoms with Gasteiger partial charge in [-0.05, 0) is 19.8 Å². The van der Waals surface area contributed by atoms with Crippen LogP contribution in [0.4, 0.5) is 5.82 Å². The minimum atomic E-state index is -0.0586. The standard InChI is InChI=1S/C20H24N6OS/c1-2-25-19(15-8-4-3-5-9-15)23-24-20(25)28-14-18(27)22-17-12-13-21-26(17)16-10-6-7-11-16/h3-5,8-9,12-13,16H,2,6-7,10-11,14H2,1H3,(H,22,27). The number of hydrogen-bond donors (Lipinski definition) is 1. The van der Waals surface area contributed by atoms with Crippen molar-refractivity contribution >= 4 is 23.5 Å². The van der Waals surface area contributed by atoms with Gasteiger partial charge in [-0.3, -0.25) is 4.79 Å². The van der Waals surface area contributed by atoms with Crippen LogP contribution in [0, 0.1) is 0 Å². The van der Waals surface area contributed by atoms with Crippen LogP contribution in [0.2, 0.25) is 0 Å². The molecule has 0 spiro atoms. The van der Waals surface area contributed by atoms with E-state index in [1.54, 1.807) is 6.20 Å². The van der Waals surface area contributed by atoms with Crippen molar-refractivity contribution in [2.45, 2.75) is 50.4 Å². The fourth-order valence-electron chi connectivity index (χ4n) is 3.64. The minimum absolute atomic E-state index is 0.0586. The van der Waals surface area contributed by atoms with Crippen molar-refractivity contribution in [2.75, 3.05) is 11.1 Å². The number of anilines is 1. The van der Waals surface area contributed by atoms with Gasteiger partial charge in [-0.25, -0.2) is 4.68 Å². The maximum absolute atomic E-state index is 12.5. The third-order valence-corrected chi connectivity index (χ3v) is 5.97. The Morgan fingerprint density at radius 1 is 1.18 bits per heavy atom. The van der Waals surface area contributed by atoms with Gasteiger partial charge < -0.3 is 9.88 Å². The van der Waals surface area contributed by atoms with Crippen LogP contribution in [0.15, 0.2) is 47.8 Å². The van der Waals surface area contributed by atoms with Crippen LogP contribution in [0.25, 0.3) is 11.4 Å². The molecule has 0 radical (unpaired) electrons. The van der Waals surface area contributed by atoms with E-state index in [0.717, 1.165) is 41.7 Å². The van der Waals surface area contributed by atoms with E-state index >= 15 is 0 Å². The van der Waals surface area contributed by atoms with Crippen molar-refractivity contribution in [1.82, 2.24) is 24.5 Å². The van der Waals surface area contributed by atoms with Crippen molar-refractivity contribution < 1.29 is 4.79 Å². The zero-order valence-electron chi connectivity index (χ0n) is 15.9. The highest BCUT2D eigenvalue weighted by atomic mass is 32.2. The number of rotatable bonds is 7. The van der Waals surface area contributed by atoms with Crippen LogP contribution < -0.4 is 5.32 Å². The molecule has 0 bridgehead atoms. The first kappa shape index (κ1) is 18.7. The number of benzene rings is 1. The molecule has 0 unspecified atom stereocenters. The van der Waals surface area contributed by atoms with Crippen LogP contribution in [-0.2, 0) is 11.3 Å². The third kappa shape index (κ3) is 3.96. The highest BCUT2D eigenvalue weighted by Crippen LogP contribution is 2.31. The van der Waals surface area contributed by atoms with Gasteiger partial charge in [0.2, 0.25) is 5.91 Å². The molecule has 1 aromatic carbocycles. The Labute approximate surface area is 168 Å². The second kappa shape index (κ2) is 8.60. The summed E-state index contributed by atoms with van der Waals surface area (Å²) in [5.41, 5.74) is 1.02. The van der Waals surface area contributed by atoms with E-state index in [0.29, 0.717) is 6.04 Å². The molecule has 28 heavy (non-hydrogen) atoms. The molecule has 3 aromatic rings. The van der Waals surface area contributed by atoms with Gasteiger partial charge in [-0.1, -0.05) is 54.9 Å². The number of nitrogens with one attached hydrogen (secondary N) is 1. The quantitative estimate of drug-likeness (QED) is 0.611. The molecule has 1 saturated carbocycles. The lowest BCUT2D eigenvalue weighted by molar-refractivity contribution is -0.113. The van der Waals surface area contributed by atoms with Crippen LogP contribution in [-0.4, -0.2) is 36.2 Å². The fourth-order valence-corrected chi connectivity index (χ4v) is 4.45. The first-order valence-electron chi connectivity index (χ1n) is 9.71. The number of carbonyl (C=O) groups excluding carboxylic acids is 1. The number of amides is 1. The molecule has 1 aliphatic carbocycles. The van der Waals surface area contributed by atoms with E-state index in [1.807, 2.05) is 45.6 Å². The molecule has 8 heteroatoms. The SMILES string of the molecule is CCn1c(SCC(=O)Nc2ccnn2C2CCCC2)nnc1-c1ccccc1. The summed E-state index contributed by atoms with van der Waals surface area (Å²) in [6, 6.07) is 12.2. The molecule has 0 saturated heterocycles. The zero-order chi connectivity index (χ0) is 19.3. The molecule has 0 aliphatic heterocycles. The summed E-state index contributed by atoms with van der Waals surface area (Å²) in [4.78, 5) is 12.5. The van der Waals surface area contributed by atoms with E-state index in [1.165, 1.54) is 24.6 Å². The van der Waals surface area contributed by atoms with Gasteiger partial charge in [-0.15, -0.1) is 10.2 Å². The lowest BCUT2D eigenvalue weighted by Gasteiger charge is -2.14. The zero-order valence-corrected chi connectivity index (χ0v) is 16.7. The number of hydrogen-bond acceptors (Lipinski definition) is 5. The lowest BCUT2D eigenvalue weighted by Crippen LogP contribution is -2.19. The highest BCUT2D eigenvalue weighted by molar-refractivity contribution is 7.99. The summed E-state index contributed by atoms with van der Waals surface area (Å²) >= 11 is 1.40. The number of thioether (sulfide) groups is 1. The van der Waals surface area contributed by atoms with Crippen molar-refractivity contribution in [2.24, 2.45) is 0 Å². The summed E-state index contributed by atoms with van der Waals surface area (Å²) in [6.07, 6.45) is 6.46. The lowest BCUT2D eigenvalue weighted by atomic mass is 10.2. The second-order valence-corrected chi connectivity index (χ2v) is 7.80. The Balaban J connectivity index is 1.41. The van der Waals surface area contributed by atoms with Crippen molar-refractivity contribution in [3.05, 3.63) is 42.6 Å². The van der Waals surface area contributed by atoms with E-state index in [-0.39, 0.29) is 11.7 Å². The Bertz CT molecular complexity index is 929. The first-order chi connectivity index (χ1) is 13.8. The molecule has 1 aliphatic rings. The topological polar surface area (TPSA) is 77.6 Å². The average Bonchev–Trinajstić information content (AvgIpc) is 3.47. The highest BCUT2D eigenvalue weighted by Gasteiger charge is 2.21. The number of aromatic nitrogens is 5. The van der Waals surface area contributed by atoms with Crippen LogP contribution in [0.5, 0.6) is 0 Å². The monoisotopic (exact) mass is 396 g/mol. The molecule has 1 N–H and O–H groups in total. The third-order valence-electron chi connectivity index (χ3n) is 5.01. The predicted molar refractivity (Wildman–Crippen MR) is 110 cm³/mol. The van der Waals surface area contributed by atoms with E-state index < -0.39 is 0 Å². The second-order valence-electron chi connectivity index (χ2n) is 6.85. The molecule has 2 heterocycles. The smallest absolute Gasteiger partial charge is 0.235 e. The molecule has 146 valence electrons. The molecule has 2 aromatic heterocycles. The van der Waals surface area contributed by atoms with Gasteiger partial charge >= 0.3 is 0 Å². The molecule has 4 rings (SSSR count). The fraction of sp³-hybridized carbons (Fsp3) is 0.400. The summed E-state index contributed by atoms with van der Waals surface area (Å²) < 4.78 is 3.99. The van der Waals surface area contributed by atoms with Crippen LogP contribution in [0.1, 0.15) is 38.6 Å². The van der Waals surface area contributed by atoms with Gasteiger partial charge in [0.05, 0.1) is 18.0 Å². The normalized spacial score (nSPS) is 14.5. The maximum atomic E-state index is 12.5. The van der Waals surface area contributed by atoms with Gasteiger partial charge in [-0.2, -0.15) is 5.10 Å². The predicted octanol–water partition coefficient (Wildman–Crippen LogP) is 4.01. The van der Waals surface area contributed by atoms with Gasteiger partial charge in [0.1, 0.15) is 5.82 Å². The molecule has 7 nitrogen and oxygen atoms in total. The van der Waals surface area contributed by atoms with Gasteiger partial charge in [0.25, 0.3) is 0 Å². The van der Waals surface area contributed by atoms with Crippen LogP contribution in [0.3, 0.4) is 0 Å². The molecule has 0 atom stereocenters. The van der Waals surface area contributed by atoms with Crippen molar-refractivity contribution in [1.29, 1.82) is 0 Å². The molecular formula is C20H24N6OS. The van der Waals surface area contributed by atoms with Gasteiger partial charge in [0, 0.05) is 18.2 Å². The molecular weight excluding hydrogens is 372 g/mol. The minimum Gasteiger partial charge on any atom is -0.310 e. The number of carbonyl (C=O) groups is 1. The summed E-state index contributed by atoms with van der Waals surface area (Å²) in [5.74, 6) is 1.82. The summed E-state index contributed by atoms with van der Waals surface area (Å²) in [5, 5.41) is 16.8. The number of nitrogens with zero attached hydrogens (tertiary/aromatic N) is 5. The maximum Gasteiger partial charge on any atom is 0.235 e. The Morgan fingerprint density at radius 3 is 2.71 bits per heavy atom. The van der Waals surface area contributed by atoms with E-state index in [4.69, 9.17) is 0 Å². The first-order valence-corrected chi connectivity index (χ1v) is 10.7. The van der Waals surface area contributed by atoms with E-state index in [2.05, 4.69) is 27.5 Å². The van der Waals surface area contributed by atoms with E-state index in [9.17, 15) is 4.79 Å². The van der Waals surface area contributed by atoms with Crippen molar-refractivity contribution in [3.8, 4) is 11.4 Å².